The van der Waals surface area contributed by atoms with Gasteiger partial charge in [0.05, 0.1) is 0 Å². The van der Waals surface area contributed by atoms with Gasteiger partial charge in [0, 0.05) is 3.92 Å². The summed E-state index contributed by atoms with van der Waals surface area (Å²) in [6.07, 6.45) is 17.1. The number of rotatable bonds is 11. The Morgan fingerprint density at radius 2 is 1.47 bits per heavy atom. The van der Waals surface area contributed by atoms with Gasteiger partial charge in [-0.25, -0.2) is 0 Å². The second kappa shape index (κ2) is 12.9. The lowest BCUT2D eigenvalue weighted by Crippen LogP contribution is -1.96. The Morgan fingerprint density at radius 1 is 0.882 bits per heavy atom. The van der Waals surface area contributed by atoms with Crippen LogP contribution in [0.25, 0.3) is 0 Å². The number of hydrogen-bond donors (Lipinski definition) is 0. The number of unbranched alkanes of at least 4 members (excludes halogenated alkanes) is 1. The number of halogens is 1. The third kappa shape index (κ3) is 11.3. The van der Waals surface area contributed by atoms with Crippen LogP contribution < -0.4 is 0 Å². The van der Waals surface area contributed by atoms with Gasteiger partial charge in [-0.3, -0.25) is 0 Å². The molecule has 0 saturated heterocycles. The fourth-order valence-electron chi connectivity index (χ4n) is 2.28. The maximum atomic E-state index is 2.61. The summed E-state index contributed by atoms with van der Waals surface area (Å²) < 4.78 is 0.896. The third-order valence-electron chi connectivity index (χ3n) is 3.22. The van der Waals surface area contributed by atoms with E-state index < -0.39 is 0 Å². The SMILES string of the molecule is CCCC(I)CCC/C=C/C(CCC)CCC. The van der Waals surface area contributed by atoms with Crippen molar-refractivity contribution >= 4 is 22.6 Å². The van der Waals surface area contributed by atoms with Crippen molar-refractivity contribution < 1.29 is 0 Å². The summed E-state index contributed by atoms with van der Waals surface area (Å²) in [7, 11) is 0. The van der Waals surface area contributed by atoms with Crippen molar-refractivity contribution in [3.63, 3.8) is 0 Å². The summed E-state index contributed by atoms with van der Waals surface area (Å²) in [6, 6.07) is 0. The molecule has 0 amide bonds. The summed E-state index contributed by atoms with van der Waals surface area (Å²) in [4.78, 5) is 0. The van der Waals surface area contributed by atoms with E-state index in [0.29, 0.717) is 0 Å². The summed E-state index contributed by atoms with van der Waals surface area (Å²) in [5.74, 6) is 0.844. The molecule has 0 N–H and O–H groups in total. The Balaban J connectivity index is 3.61. The molecule has 0 nitrogen and oxygen atoms in total. The average molecular weight is 350 g/mol. The highest BCUT2D eigenvalue weighted by atomic mass is 127. The predicted molar refractivity (Wildman–Crippen MR) is 89.0 cm³/mol. The van der Waals surface area contributed by atoms with Crippen molar-refractivity contribution in [3.8, 4) is 0 Å². The van der Waals surface area contributed by atoms with Crippen LogP contribution in [0.3, 0.4) is 0 Å². The Hall–Kier alpha value is 0.470. The molecule has 0 aliphatic carbocycles. The first-order valence-corrected chi connectivity index (χ1v) is 8.79. The predicted octanol–water partition coefficient (Wildman–Crippen LogP) is 6.53. The second-order valence-electron chi connectivity index (χ2n) is 5.08. The quantitative estimate of drug-likeness (QED) is 0.172. The summed E-state index contributed by atoms with van der Waals surface area (Å²) in [5, 5.41) is 0. The van der Waals surface area contributed by atoms with Crippen LogP contribution in [0.4, 0.5) is 0 Å². The molecule has 0 aromatic carbocycles. The monoisotopic (exact) mass is 350 g/mol. The fraction of sp³-hybridized carbons (Fsp3) is 0.875. The smallest absolute Gasteiger partial charge is 0.0110 e. The van der Waals surface area contributed by atoms with Gasteiger partial charge < -0.3 is 0 Å². The first-order valence-electron chi connectivity index (χ1n) is 7.55. The second-order valence-corrected chi connectivity index (χ2v) is 6.84. The van der Waals surface area contributed by atoms with E-state index in [1.807, 2.05) is 0 Å². The van der Waals surface area contributed by atoms with Crippen LogP contribution in [0.5, 0.6) is 0 Å². The molecule has 1 unspecified atom stereocenters. The van der Waals surface area contributed by atoms with Crippen molar-refractivity contribution in [1.29, 1.82) is 0 Å². The zero-order chi connectivity index (χ0) is 12.9. The molecule has 0 fully saturated rings. The molecule has 0 aliphatic rings. The minimum Gasteiger partial charge on any atom is -0.0883 e. The van der Waals surface area contributed by atoms with Gasteiger partial charge in [0.25, 0.3) is 0 Å². The van der Waals surface area contributed by atoms with Crippen LogP contribution in [0.2, 0.25) is 0 Å². The highest BCUT2D eigenvalue weighted by Gasteiger charge is 2.02. The molecular formula is C16H31I. The zero-order valence-corrected chi connectivity index (χ0v) is 14.2. The Bertz CT molecular complexity index is 168. The highest BCUT2D eigenvalue weighted by Crippen LogP contribution is 2.18. The molecule has 102 valence electrons. The van der Waals surface area contributed by atoms with E-state index in [1.165, 1.54) is 57.8 Å². The molecule has 0 bridgehead atoms. The average Bonchev–Trinajstić information content (AvgIpc) is 2.29. The van der Waals surface area contributed by atoms with Crippen LogP contribution in [0.15, 0.2) is 12.2 Å². The maximum Gasteiger partial charge on any atom is 0.0110 e. The Kier molecular flexibility index (Phi) is 13.3. The van der Waals surface area contributed by atoms with E-state index in [1.54, 1.807) is 0 Å². The zero-order valence-electron chi connectivity index (χ0n) is 12.1. The molecule has 0 heterocycles. The van der Waals surface area contributed by atoms with Gasteiger partial charge in [-0.1, -0.05) is 74.8 Å². The van der Waals surface area contributed by atoms with E-state index in [2.05, 4.69) is 55.5 Å². The number of hydrogen-bond acceptors (Lipinski definition) is 0. The molecule has 17 heavy (non-hydrogen) atoms. The van der Waals surface area contributed by atoms with Crippen LogP contribution in [-0.4, -0.2) is 3.92 Å². The Morgan fingerprint density at radius 3 is 2.00 bits per heavy atom. The molecule has 1 atom stereocenters. The summed E-state index contributed by atoms with van der Waals surface area (Å²) in [6.45, 7) is 6.87. The molecule has 0 aromatic rings. The van der Waals surface area contributed by atoms with Crippen LogP contribution in [0.1, 0.15) is 78.6 Å². The van der Waals surface area contributed by atoms with Gasteiger partial charge in [0.2, 0.25) is 0 Å². The van der Waals surface area contributed by atoms with Gasteiger partial charge in [-0.05, 0) is 44.4 Å². The topological polar surface area (TPSA) is 0 Å². The number of allylic oxidation sites excluding steroid dienone is 2. The van der Waals surface area contributed by atoms with E-state index in [0.717, 1.165) is 9.84 Å². The lowest BCUT2D eigenvalue weighted by Gasteiger charge is -2.10. The van der Waals surface area contributed by atoms with Crippen molar-refractivity contribution in [2.75, 3.05) is 0 Å². The molecule has 0 saturated carbocycles. The first-order chi connectivity index (χ1) is 8.24. The molecule has 1 heteroatoms. The Labute approximate surface area is 123 Å². The lowest BCUT2D eigenvalue weighted by molar-refractivity contribution is 0.528. The molecule has 0 aliphatic heterocycles. The van der Waals surface area contributed by atoms with Crippen LogP contribution >= 0.6 is 22.6 Å². The van der Waals surface area contributed by atoms with Crippen LogP contribution in [-0.2, 0) is 0 Å². The van der Waals surface area contributed by atoms with Crippen molar-refractivity contribution in [2.45, 2.75) is 82.5 Å². The molecule has 0 rings (SSSR count). The van der Waals surface area contributed by atoms with E-state index >= 15 is 0 Å². The molecular weight excluding hydrogens is 319 g/mol. The summed E-state index contributed by atoms with van der Waals surface area (Å²) >= 11 is 2.61. The van der Waals surface area contributed by atoms with Gasteiger partial charge in [-0.15, -0.1) is 0 Å². The third-order valence-corrected chi connectivity index (χ3v) is 4.46. The minimum absolute atomic E-state index is 0.844. The van der Waals surface area contributed by atoms with Crippen molar-refractivity contribution in [3.05, 3.63) is 12.2 Å². The van der Waals surface area contributed by atoms with Crippen molar-refractivity contribution in [2.24, 2.45) is 5.92 Å². The fourth-order valence-corrected chi connectivity index (χ4v) is 3.35. The van der Waals surface area contributed by atoms with Gasteiger partial charge in [-0.2, -0.15) is 0 Å². The number of alkyl halides is 1. The van der Waals surface area contributed by atoms with E-state index in [-0.39, 0.29) is 0 Å². The standard InChI is InChI=1S/C16H31I/c1-4-10-15(11-5-2)13-8-7-9-14-16(17)12-6-3/h8,13,15-16H,4-7,9-12,14H2,1-3H3/b13-8+. The van der Waals surface area contributed by atoms with Gasteiger partial charge >= 0.3 is 0 Å². The molecule has 0 radical (unpaired) electrons. The van der Waals surface area contributed by atoms with Gasteiger partial charge in [0.15, 0.2) is 0 Å². The van der Waals surface area contributed by atoms with Crippen LogP contribution in [0, 0.1) is 5.92 Å². The normalized spacial score (nSPS) is 13.7. The summed E-state index contributed by atoms with van der Waals surface area (Å²) in [5.41, 5.74) is 0. The van der Waals surface area contributed by atoms with E-state index in [9.17, 15) is 0 Å². The molecule has 0 spiro atoms. The van der Waals surface area contributed by atoms with Gasteiger partial charge in [0.1, 0.15) is 0 Å². The highest BCUT2D eigenvalue weighted by molar-refractivity contribution is 14.1. The van der Waals surface area contributed by atoms with Crippen molar-refractivity contribution in [1.82, 2.24) is 0 Å². The maximum absolute atomic E-state index is 2.61. The lowest BCUT2D eigenvalue weighted by atomic mass is 9.97. The first kappa shape index (κ1) is 17.5. The van der Waals surface area contributed by atoms with E-state index in [4.69, 9.17) is 0 Å². The molecule has 0 aromatic heterocycles. The minimum atomic E-state index is 0.844. The largest absolute Gasteiger partial charge is 0.0883 e.